The van der Waals surface area contributed by atoms with Crippen molar-refractivity contribution in [3.63, 3.8) is 0 Å². The first kappa shape index (κ1) is 10.7. The molecule has 3 N–H and O–H groups in total. The highest BCUT2D eigenvalue weighted by Crippen LogP contribution is 2.02. The topological polar surface area (TPSA) is 78.0 Å². The number of nitrogens with zero attached hydrogens (tertiary/aromatic N) is 1. The molecule has 1 amide bonds. The van der Waals surface area contributed by atoms with Gasteiger partial charge in [0.15, 0.2) is 0 Å². The normalized spacial score (nSPS) is 12.5. The number of carbonyl (C=O) groups is 1. The number of aliphatic hydroxyl groups excluding tert-OH is 1. The van der Waals surface area contributed by atoms with Crippen molar-refractivity contribution in [3.8, 4) is 0 Å². The maximum Gasteiger partial charge on any atom is 0.254 e. The molecule has 5 nitrogen and oxygen atoms in total. The van der Waals surface area contributed by atoms with Crippen molar-refractivity contribution in [2.24, 2.45) is 5.92 Å². The van der Waals surface area contributed by atoms with Gasteiger partial charge in [-0.25, -0.2) is 0 Å². The lowest BCUT2D eigenvalue weighted by atomic mass is 10.2. The van der Waals surface area contributed by atoms with Crippen LogP contribution < -0.4 is 5.32 Å². The maximum atomic E-state index is 11.5. The number of H-pyrrole nitrogens is 1. The van der Waals surface area contributed by atoms with E-state index in [1.54, 1.807) is 6.92 Å². The predicted molar refractivity (Wildman–Crippen MR) is 51.9 cm³/mol. The van der Waals surface area contributed by atoms with E-state index in [2.05, 4.69) is 15.5 Å². The standard InChI is InChI=1S/C9H15N3O2/c1-6(5-13)3-10-9(14)8-4-11-12-7(8)2/h4,6,13H,3,5H2,1-2H3,(H,10,14)(H,11,12). The fourth-order valence-electron chi connectivity index (χ4n) is 1.01. The van der Waals surface area contributed by atoms with Crippen LogP contribution in [0.25, 0.3) is 0 Å². The number of nitrogens with one attached hydrogen (secondary N) is 2. The SMILES string of the molecule is Cc1[nH]ncc1C(=O)NCC(C)CO. The van der Waals surface area contributed by atoms with Crippen LogP contribution in [0.5, 0.6) is 0 Å². The molecule has 1 unspecified atom stereocenters. The van der Waals surface area contributed by atoms with Crippen LogP contribution in [-0.2, 0) is 0 Å². The quantitative estimate of drug-likeness (QED) is 0.639. The van der Waals surface area contributed by atoms with Crippen molar-refractivity contribution in [1.29, 1.82) is 0 Å². The van der Waals surface area contributed by atoms with Crippen molar-refractivity contribution in [3.05, 3.63) is 17.5 Å². The summed E-state index contributed by atoms with van der Waals surface area (Å²) in [4.78, 5) is 11.5. The molecule has 1 rings (SSSR count). The minimum absolute atomic E-state index is 0.0741. The molecule has 0 aromatic carbocycles. The average molecular weight is 197 g/mol. The molecule has 0 fully saturated rings. The van der Waals surface area contributed by atoms with Crippen molar-refractivity contribution in [2.45, 2.75) is 13.8 Å². The van der Waals surface area contributed by atoms with Gasteiger partial charge in [-0.05, 0) is 12.8 Å². The predicted octanol–water partition coefficient (Wildman–Crippen LogP) is 0.0763. The number of amides is 1. The van der Waals surface area contributed by atoms with Gasteiger partial charge >= 0.3 is 0 Å². The summed E-state index contributed by atoms with van der Waals surface area (Å²) < 4.78 is 0. The Balaban J connectivity index is 2.47. The van der Waals surface area contributed by atoms with E-state index in [4.69, 9.17) is 5.11 Å². The highest BCUT2D eigenvalue weighted by Gasteiger charge is 2.10. The van der Waals surface area contributed by atoms with Gasteiger partial charge in [-0.3, -0.25) is 9.89 Å². The number of hydrogen-bond acceptors (Lipinski definition) is 3. The Labute approximate surface area is 82.5 Å². The van der Waals surface area contributed by atoms with Gasteiger partial charge in [-0.2, -0.15) is 5.10 Å². The lowest BCUT2D eigenvalue weighted by Gasteiger charge is -2.08. The zero-order chi connectivity index (χ0) is 10.6. The van der Waals surface area contributed by atoms with Crippen molar-refractivity contribution < 1.29 is 9.90 Å². The van der Waals surface area contributed by atoms with Gasteiger partial charge in [-0.1, -0.05) is 6.92 Å². The Kier molecular flexibility index (Phi) is 3.64. The highest BCUT2D eigenvalue weighted by atomic mass is 16.3. The second kappa shape index (κ2) is 4.76. The number of aromatic nitrogens is 2. The van der Waals surface area contributed by atoms with E-state index in [0.29, 0.717) is 12.1 Å². The van der Waals surface area contributed by atoms with Gasteiger partial charge in [0.05, 0.1) is 11.8 Å². The number of aliphatic hydroxyl groups is 1. The summed E-state index contributed by atoms with van der Waals surface area (Å²) in [5, 5.41) is 17.9. The molecule has 0 aliphatic heterocycles. The number of carbonyl (C=O) groups excluding carboxylic acids is 1. The highest BCUT2D eigenvalue weighted by molar-refractivity contribution is 5.94. The fraction of sp³-hybridized carbons (Fsp3) is 0.556. The van der Waals surface area contributed by atoms with Crippen LogP contribution in [-0.4, -0.2) is 34.4 Å². The molecule has 0 aliphatic carbocycles. The molecule has 14 heavy (non-hydrogen) atoms. The van der Waals surface area contributed by atoms with Crippen LogP contribution >= 0.6 is 0 Å². The fourth-order valence-corrected chi connectivity index (χ4v) is 1.01. The lowest BCUT2D eigenvalue weighted by molar-refractivity contribution is 0.0942. The zero-order valence-electron chi connectivity index (χ0n) is 8.37. The molecule has 78 valence electrons. The third kappa shape index (κ3) is 2.56. The number of rotatable bonds is 4. The second-order valence-corrected chi connectivity index (χ2v) is 3.41. The van der Waals surface area contributed by atoms with Crippen LogP contribution in [0.2, 0.25) is 0 Å². The van der Waals surface area contributed by atoms with E-state index in [0.717, 1.165) is 5.69 Å². The van der Waals surface area contributed by atoms with E-state index in [9.17, 15) is 4.79 Å². The molecular weight excluding hydrogens is 182 g/mol. The minimum atomic E-state index is -0.156. The number of hydrogen-bond donors (Lipinski definition) is 3. The average Bonchev–Trinajstić information content (AvgIpc) is 2.60. The summed E-state index contributed by atoms with van der Waals surface area (Å²) >= 11 is 0. The Morgan fingerprint density at radius 1 is 1.79 bits per heavy atom. The Morgan fingerprint density at radius 3 is 3.00 bits per heavy atom. The van der Waals surface area contributed by atoms with Crippen LogP contribution in [0.4, 0.5) is 0 Å². The summed E-state index contributed by atoms with van der Waals surface area (Å²) in [5.41, 5.74) is 1.30. The smallest absolute Gasteiger partial charge is 0.254 e. The van der Waals surface area contributed by atoms with Crippen LogP contribution in [0, 0.1) is 12.8 Å². The van der Waals surface area contributed by atoms with Gasteiger partial charge in [0.1, 0.15) is 0 Å². The molecule has 0 saturated heterocycles. The van der Waals surface area contributed by atoms with E-state index >= 15 is 0 Å². The second-order valence-electron chi connectivity index (χ2n) is 3.41. The summed E-state index contributed by atoms with van der Waals surface area (Å²) in [6.07, 6.45) is 1.49. The van der Waals surface area contributed by atoms with Gasteiger partial charge in [0, 0.05) is 18.8 Å². The van der Waals surface area contributed by atoms with E-state index in [-0.39, 0.29) is 18.4 Å². The molecule has 0 spiro atoms. The van der Waals surface area contributed by atoms with Crippen molar-refractivity contribution in [2.75, 3.05) is 13.2 Å². The lowest BCUT2D eigenvalue weighted by Crippen LogP contribution is -2.29. The first-order valence-electron chi connectivity index (χ1n) is 4.54. The first-order chi connectivity index (χ1) is 6.65. The van der Waals surface area contributed by atoms with Crippen molar-refractivity contribution >= 4 is 5.91 Å². The number of aromatic amines is 1. The molecule has 0 aliphatic rings. The van der Waals surface area contributed by atoms with Gasteiger partial charge in [-0.15, -0.1) is 0 Å². The minimum Gasteiger partial charge on any atom is -0.396 e. The molecular formula is C9H15N3O2. The van der Waals surface area contributed by atoms with Gasteiger partial charge < -0.3 is 10.4 Å². The molecule has 0 saturated carbocycles. The van der Waals surface area contributed by atoms with Crippen molar-refractivity contribution in [1.82, 2.24) is 15.5 Å². The van der Waals surface area contributed by atoms with Crippen LogP contribution in [0.1, 0.15) is 23.0 Å². The summed E-state index contributed by atoms with van der Waals surface area (Å²) in [6.45, 7) is 4.20. The molecule has 1 aromatic heterocycles. The third-order valence-corrected chi connectivity index (χ3v) is 2.00. The van der Waals surface area contributed by atoms with E-state index < -0.39 is 0 Å². The zero-order valence-corrected chi connectivity index (χ0v) is 8.37. The Morgan fingerprint density at radius 2 is 2.50 bits per heavy atom. The summed E-state index contributed by atoms with van der Waals surface area (Å²) in [7, 11) is 0. The Hall–Kier alpha value is -1.36. The van der Waals surface area contributed by atoms with Crippen LogP contribution in [0.3, 0.4) is 0 Å². The number of aryl methyl sites for hydroxylation is 1. The third-order valence-electron chi connectivity index (χ3n) is 2.00. The van der Waals surface area contributed by atoms with E-state index in [1.807, 2.05) is 6.92 Å². The van der Waals surface area contributed by atoms with Crippen LogP contribution in [0.15, 0.2) is 6.20 Å². The monoisotopic (exact) mass is 197 g/mol. The molecule has 5 heteroatoms. The molecule has 1 atom stereocenters. The molecule has 1 aromatic rings. The van der Waals surface area contributed by atoms with Gasteiger partial charge in [0.25, 0.3) is 5.91 Å². The Bertz CT molecular complexity index is 309. The van der Waals surface area contributed by atoms with E-state index in [1.165, 1.54) is 6.20 Å². The molecule has 0 bridgehead atoms. The summed E-state index contributed by atoms with van der Waals surface area (Å²) in [5.74, 6) is -0.0808. The van der Waals surface area contributed by atoms with Gasteiger partial charge in [0.2, 0.25) is 0 Å². The maximum absolute atomic E-state index is 11.5. The molecule has 0 radical (unpaired) electrons. The molecule has 1 heterocycles. The first-order valence-corrected chi connectivity index (χ1v) is 4.54. The summed E-state index contributed by atoms with van der Waals surface area (Å²) in [6, 6.07) is 0. The largest absolute Gasteiger partial charge is 0.396 e.